The van der Waals surface area contributed by atoms with Crippen molar-refractivity contribution in [2.45, 2.75) is 77.9 Å². The molecule has 3 N–H and O–H groups in total. The Labute approximate surface area is 214 Å². The standard InChI is InChI=1S/C28H38ClN3O3/c1-28(2,3)17-27(34)32(25-8-6-5-7-24(25)30)18-20-16-21(11-14-23(20)29)31-26(33)15-19-9-12-22(35-4)13-10-19/h9-14,16,24-25H,5-8,15,17-18,30H2,1-4H3,(H,31,33). The van der Waals surface area contributed by atoms with Crippen LogP contribution >= 0.6 is 11.6 Å². The number of hydrogen-bond donors (Lipinski definition) is 2. The minimum Gasteiger partial charge on any atom is -0.497 e. The van der Waals surface area contributed by atoms with Crippen LogP contribution < -0.4 is 15.8 Å². The largest absolute Gasteiger partial charge is 0.497 e. The first-order valence-corrected chi connectivity index (χ1v) is 12.7. The number of rotatable bonds is 8. The average Bonchev–Trinajstić information content (AvgIpc) is 2.79. The number of carbonyl (C=O) groups excluding carboxylic acids is 2. The van der Waals surface area contributed by atoms with Gasteiger partial charge in [0.05, 0.1) is 13.5 Å². The number of nitrogens with zero attached hydrogens (tertiary/aromatic N) is 1. The smallest absolute Gasteiger partial charge is 0.228 e. The summed E-state index contributed by atoms with van der Waals surface area (Å²) in [7, 11) is 1.61. The molecule has 0 aliphatic heterocycles. The van der Waals surface area contributed by atoms with Crippen LogP contribution in [0, 0.1) is 5.41 Å². The van der Waals surface area contributed by atoms with Gasteiger partial charge in [0.1, 0.15) is 5.75 Å². The minimum absolute atomic E-state index is 0.0111. The van der Waals surface area contributed by atoms with Gasteiger partial charge in [0, 0.05) is 35.8 Å². The fraction of sp³-hybridized carbons (Fsp3) is 0.500. The molecule has 6 nitrogen and oxygen atoms in total. The number of benzene rings is 2. The Morgan fingerprint density at radius 1 is 1.11 bits per heavy atom. The van der Waals surface area contributed by atoms with Gasteiger partial charge < -0.3 is 20.7 Å². The van der Waals surface area contributed by atoms with Gasteiger partial charge in [-0.25, -0.2) is 0 Å². The van der Waals surface area contributed by atoms with E-state index in [1.807, 2.05) is 35.2 Å². The van der Waals surface area contributed by atoms with E-state index in [2.05, 4.69) is 26.1 Å². The van der Waals surface area contributed by atoms with Gasteiger partial charge >= 0.3 is 0 Å². The van der Waals surface area contributed by atoms with Crippen molar-refractivity contribution in [1.29, 1.82) is 0 Å². The van der Waals surface area contributed by atoms with Crippen LogP contribution in [-0.4, -0.2) is 35.9 Å². The maximum atomic E-state index is 13.4. The van der Waals surface area contributed by atoms with E-state index >= 15 is 0 Å². The Morgan fingerprint density at radius 2 is 1.80 bits per heavy atom. The molecule has 1 saturated carbocycles. The predicted molar refractivity (Wildman–Crippen MR) is 142 cm³/mol. The third-order valence-electron chi connectivity index (χ3n) is 6.38. The Morgan fingerprint density at radius 3 is 2.43 bits per heavy atom. The summed E-state index contributed by atoms with van der Waals surface area (Å²) < 4.78 is 5.17. The monoisotopic (exact) mass is 499 g/mol. The third kappa shape index (κ3) is 7.97. The lowest BCUT2D eigenvalue weighted by atomic mass is 9.87. The maximum Gasteiger partial charge on any atom is 0.228 e. The summed E-state index contributed by atoms with van der Waals surface area (Å²) in [5.41, 5.74) is 8.68. The van der Waals surface area contributed by atoms with Crippen molar-refractivity contribution in [1.82, 2.24) is 4.90 Å². The lowest BCUT2D eigenvalue weighted by molar-refractivity contribution is -0.137. The number of amides is 2. The van der Waals surface area contributed by atoms with E-state index in [0.717, 1.165) is 42.6 Å². The summed E-state index contributed by atoms with van der Waals surface area (Å²) in [5, 5.41) is 3.52. The minimum atomic E-state index is -0.130. The molecule has 3 rings (SSSR count). The third-order valence-corrected chi connectivity index (χ3v) is 6.75. The zero-order valence-electron chi connectivity index (χ0n) is 21.3. The Balaban J connectivity index is 1.76. The van der Waals surface area contributed by atoms with E-state index in [1.54, 1.807) is 19.2 Å². The molecule has 0 spiro atoms. The lowest BCUT2D eigenvalue weighted by Crippen LogP contribution is -2.52. The molecule has 1 aliphatic carbocycles. The van der Waals surface area contributed by atoms with E-state index in [9.17, 15) is 9.59 Å². The summed E-state index contributed by atoms with van der Waals surface area (Å²) in [4.78, 5) is 27.9. The molecule has 190 valence electrons. The summed E-state index contributed by atoms with van der Waals surface area (Å²) in [6, 6.07) is 12.8. The predicted octanol–water partition coefficient (Wildman–Crippen LogP) is 5.56. The molecule has 0 radical (unpaired) electrons. The fourth-order valence-electron chi connectivity index (χ4n) is 4.56. The van der Waals surface area contributed by atoms with Gasteiger partial charge in [0.25, 0.3) is 0 Å². The van der Waals surface area contributed by atoms with E-state index in [1.165, 1.54) is 0 Å². The van der Waals surface area contributed by atoms with Gasteiger partial charge in [-0.3, -0.25) is 9.59 Å². The SMILES string of the molecule is COc1ccc(CC(=O)Nc2ccc(Cl)c(CN(C(=O)CC(C)(C)C)C3CCCCC3N)c2)cc1. The van der Waals surface area contributed by atoms with Crippen LogP contribution in [0.1, 0.15) is 64.0 Å². The summed E-state index contributed by atoms with van der Waals surface area (Å²) in [6.07, 6.45) is 4.65. The zero-order chi connectivity index (χ0) is 25.6. The van der Waals surface area contributed by atoms with Crippen molar-refractivity contribution in [3.63, 3.8) is 0 Å². The number of hydrogen-bond acceptors (Lipinski definition) is 4. The molecular formula is C28H38ClN3O3. The van der Waals surface area contributed by atoms with Crippen molar-refractivity contribution in [2.24, 2.45) is 11.1 Å². The molecule has 2 unspecified atom stereocenters. The van der Waals surface area contributed by atoms with Gasteiger partial charge in [-0.15, -0.1) is 0 Å². The second kappa shape index (κ2) is 11.9. The van der Waals surface area contributed by atoms with E-state index in [4.69, 9.17) is 22.1 Å². The number of halogens is 1. The summed E-state index contributed by atoms with van der Waals surface area (Å²) >= 11 is 6.55. The number of nitrogens with one attached hydrogen (secondary N) is 1. The molecule has 2 amide bonds. The summed E-state index contributed by atoms with van der Waals surface area (Å²) in [6.45, 7) is 6.57. The fourth-order valence-corrected chi connectivity index (χ4v) is 4.74. The second-order valence-corrected chi connectivity index (χ2v) is 11.1. The molecule has 2 atom stereocenters. The van der Waals surface area contributed by atoms with Gasteiger partial charge in [0.2, 0.25) is 11.8 Å². The van der Waals surface area contributed by atoms with Crippen molar-refractivity contribution in [3.05, 3.63) is 58.6 Å². The highest BCUT2D eigenvalue weighted by Gasteiger charge is 2.33. The maximum absolute atomic E-state index is 13.4. The van der Waals surface area contributed by atoms with Crippen LogP contribution in [0.15, 0.2) is 42.5 Å². The average molecular weight is 500 g/mol. The molecule has 1 fully saturated rings. The Kier molecular flexibility index (Phi) is 9.20. The molecule has 0 saturated heterocycles. The van der Waals surface area contributed by atoms with Gasteiger partial charge in [-0.05, 0) is 59.7 Å². The van der Waals surface area contributed by atoms with Crippen molar-refractivity contribution >= 4 is 29.1 Å². The van der Waals surface area contributed by atoms with Crippen molar-refractivity contribution < 1.29 is 14.3 Å². The molecule has 2 aromatic rings. The number of methoxy groups -OCH3 is 1. The molecule has 0 heterocycles. The van der Waals surface area contributed by atoms with Crippen LogP contribution in [0.5, 0.6) is 5.75 Å². The first kappa shape index (κ1) is 27.0. The summed E-state index contributed by atoms with van der Waals surface area (Å²) in [5.74, 6) is 0.711. The normalized spacial score (nSPS) is 18.1. The van der Waals surface area contributed by atoms with Gasteiger partial charge in [-0.1, -0.05) is 57.3 Å². The topological polar surface area (TPSA) is 84.7 Å². The van der Waals surface area contributed by atoms with Crippen LogP contribution in [0.4, 0.5) is 5.69 Å². The quantitative estimate of drug-likeness (QED) is 0.497. The number of ether oxygens (including phenoxy) is 1. The second-order valence-electron chi connectivity index (χ2n) is 10.7. The number of anilines is 1. The van der Waals surface area contributed by atoms with Gasteiger partial charge in [0.15, 0.2) is 0 Å². The highest BCUT2D eigenvalue weighted by Crippen LogP contribution is 2.30. The number of nitrogens with two attached hydrogens (primary N) is 1. The lowest BCUT2D eigenvalue weighted by Gasteiger charge is -2.39. The van der Waals surface area contributed by atoms with Crippen molar-refractivity contribution in [3.8, 4) is 5.75 Å². The molecule has 0 aromatic heterocycles. The van der Waals surface area contributed by atoms with E-state index in [0.29, 0.717) is 23.7 Å². The van der Waals surface area contributed by atoms with Gasteiger partial charge in [-0.2, -0.15) is 0 Å². The highest BCUT2D eigenvalue weighted by atomic mass is 35.5. The molecule has 0 bridgehead atoms. The molecular weight excluding hydrogens is 462 g/mol. The molecule has 1 aliphatic rings. The first-order valence-electron chi connectivity index (χ1n) is 12.3. The van der Waals surface area contributed by atoms with Crippen LogP contribution in [0.2, 0.25) is 5.02 Å². The Bertz CT molecular complexity index is 1020. The van der Waals surface area contributed by atoms with Crippen LogP contribution in [0.3, 0.4) is 0 Å². The molecule has 7 heteroatoms. The Hall–Kier alpha value is -2.57. The molecule has 35 heavy (non-hydrogen) atoms. The molecule has 2 aromatic carbocycles. The number of carbonyl (C=O) groups is 2. The first-order chi connectivity index (χ1) is 16.6. The zero-order valence-corrected chi connectivity index (χ0v) is 22.0. The van der Waals surface area contributed by atoms with Crippen molar-refractivity contribution in [2.75, 3.05) is 12.4 Å². The van der Waals surface area contributed by atoms with Crippen LogP contribution in [-0.2, 0) is 22.6 Å². The van der Waals surface area contributed by atoms with Crippen LogP contribution in [0.25, 0.3) is 0 Å². The van der Waals surface area contributed by atoms with E-state index < -0.39 is 0 Å². The van der Waals surface area contributed by atoms with E-state index in [-0.39, 0.29) is 35.7 Å². The highest BCUT2D eigenvalue weighted by molar-refractivity contribution is 6.31.